The van der Waals surface area contributed by atoms with E-state index in [1.165, 1.54) is 19.5 Å². The molecule has 2 aliphatic rings. The fourth-order valence-electron chi connectivity index (χ4n) is 1.94. The minimum atomic E-state index is 0.755. The Kier molecular flexibility index (Phi) is 1.24. The van der Waals surface area contributed by atoms with Gasteiger partial charge >= 0.3 is 0 Å². The van der Waals surface area contributed by atoms with E-state index in [0.717, 1.165) is 18.5 Å². The molecule has 2 nitrogen and oxygen atoms in total. The van der Waals surface area contributed by atoms with Crippen LogP contribution in [0.4, 0.5) is 0 Å². The lowest BCUT2D eigenvalue weighted by atomic mass is 10.1. The van der Waals surface area contributed by atoms with E-state index in [1.54, 1.807) is 0 Å². The van der Waals surface area contributed by atoms with Crippen LogP contribution in [0, 0.1) is 13.0 Å². The van der Waals surface area contributed by atoms with Crippen LogP contribution in [0.15, 0.2) is 0 Å². The average Bonchev–Trinajstić information content (AvgIpc) is 2.35. The van der Waals surface area contributed by atoms with Gasteiger partial charge in [0.1, 0.15) is 0 Å². The summed E-state index contributed by atoms with van der Waals surface area (Å²) in [7, 11) is 3.97. The van der Waals surface area contributed by atoms with Gasteiger partial charge in [-0.25, -0.2) is 0 Å². The molecule has 0 aromatic carbocycles. The maximum atomic E-state index is 3.97. The second-order valence-corrected chi connectivity index (χ2v) is 3.09. The molecule has 0 saturated carbocycles. The van der Waals surface area contributed by atoms with Crippen molar-refractivity contribution in [3.05, 3.63) is 7.05 Å². The first kappa shape index (κ1) is 5.69. The van der Waals surface area contributed by atoms with Crippen molar-refractivity contribution >= 4 is 0 Å². The van der Waals surface area contributed by atoms with E-state index in [-0.39, 0.29) is 0 Å². The van der Waals surface area contributed by atoms with Gasteiger partial charge in [0.05, 0.1) is 0 Å². The largest absolute Gasteiger partial charge is 0.455 e. The smallest absolute Gasteiger partial charge is 0.00872 e. The Labute approximate surface area is 56.2 Å². The molecule has 9 heavy (non-hydrogen) atoms. The molecule has 2 atom stereocenters. The van der Waals surface area contributed by atoms with Gasteiger partial charge < -0.3 is 10.2 Å². The van der Waals surface area contributed by atoms with Gasteiger partial charge in [0.15, 0.2) is 0 Å². The van der Waals surface area contributed by atoms with E-state index in [4.69, 9.17) is 0 Å². The van der Waals surface area contributed by atoms with Crippen LogP contribution < -0.4 is 5.32 Å². The summed E-state index contributed by atoms with van der Waals surface area (Å²) in [6, 6.07) is 0.755. The molecule has 0 aromatic heterocycles. The lowest BCUT2D eigenvalue weighted by molar-refractivity contribution is 0.341. The van der Waals surface area contributed by atoms with E-state index in [1.807, 2.05) is 0 Å². The summed E-state index contributed by atoms with van der Waals surface area (Å²) >= 11 is 0. The molecule has 0 aliphatic carbocycles. The first-order valence-corrected chi connectivity index (χ1v) is 3.66. The molecule has 2 aliphatic heterocycles. The Bertz CT molecular complexity index is 113. The quantitative estimate of drug-likeness (QED) is 0.461. The van der Waals surface area contributed by atoms with Crippen molar-refractivity contribution in [3.63, 3.8) is 0 Å². The molecule has 2 rings (SSSR count). The van der Waals surface area contributed by atoms with E-state index < -0.39 is 0 Å². The van der Waals surface area contributed by atoms with Crippen molar-refractivity contribution in [2.24, 2.45) is 5.92 Å². The van der Waals surface area contributed by atoms with E-state index in [2.05, 4.69) is 17.3 Å². The molecular weight excluding hydrogens is 112 g/mol. The summed E-state index contributed by atoms with van der Waals surface area (Å²) in [6.45, 7) is 3.59. The summed E-state index contributed by atoms with van der Waals surface area (Å²) in [5, 5.41) is 3.37. The van der Waals surface area contributed by atoms with Crippen LogP contribution in [0.25, 0.3) is 0 Å². The Morgan fingerprint density at radius 2 is 2.33 bits per heavy atom. The summed E-state index contributed by atoms with van der Waals surface area (Å²) < 4.78 is 0. The third kappa shape index (κ3) is 0.775. The monoisotopic (exact) mass is 125 g/mol. The highest BCUT2D eigenvalue weighted by atomic mass is 15.2. The number of hydrogen-bond donors (Lipinski definition) is 1. The predicted molar refractivity (Wildman–Crippen MR) is 36.8 cm³/mol. The Hall–Kier alpha value is -0.0800. The maximum absolute atomic E-state index is 3.97. The highest BCUT2D eigenvalue weighted by molar-refractivity contribution is 4.93. The van der Waals surface area contributed by atoms with Crippen molar-refractivity contribution in [1.82, 2.24) is 10.2 Å². The van der Waals surface area contributed by atoms with Gasteiger partial charge in [-0.05, 0) is 31.5 Å². The van der Waals surface area contributed by atoms with Crippen molar-refractivity contribution in [3.8, 4) is 0 Å². The highest BCUT2D eigenvalue weighted by Gasteiger charge is 2.31. The molecule has 0 aromatic rings. The van der Waals surface area contributed by atoms with Gasteiger partial charge in [0.25, 0.3) is 0 Å². The van der Waals surface area contributed by atoms with Crippen LogP contribution in [0.1, 0.15) is 6.42 Å². The van der Waals surface area contributed by atoms with Gasteiger partial charge in [-0.15, -0.1) is 0 Å². The van der Waals surface area contributed by atoms with Crippen LogP contribution >= 0.6 is 0 Å². The molecule has 0 amide bonds. The predicted octanol–water partition coefficient (Wildman–Crippen LogP) is 0.0717. The summed E-state index contributed by atoms with van der Waals surface area (Å²) in [6.07, 6.45) is 1.35. The summed E-state index contributed by atoms with van der Waals surface area (Å²) in [4.78, 5) is 2.23. The molecule has 1 N–H and O–H groups in total. The first-order chi connectivity index (χ1) is 4.38. The third-order valence-corrected chi connectivity index (χ3v) is 2.56. The lowest BCUT2D eigenvalue weighted by Gasteiger charge is -2.25. The van der Waals surface area contributed by atoms with Gasteiger partial charge in [-0.1, -0.05) is 0 Å². The first-order valence-electron chi connectivity index (χ1n) is 3.66. The van der Waals surface area contributed by atoms with Crippen molar-refractivity contribution in [1.29, 1.82) is 0 Å². The molecule has 0 radical (unpaired) electrons. The summed E-state index contributed by atoms with van der Waals surface area (Å²) in [5.41, 5.74) is 0. The zero-order chi connectivity index (χ0) is 6.27. The van der Waals surface area contributed by atoms with Crippen LogP contribution in [-0.4, -0.2) is 30.6 Å². The molecule has 2 saturated heterocycles. The van der Waals surface area contributed by atoms with Gasteiger partial charge in [0, 0.05) is 6.54 Å². The Morgan fingerprint density at radius 1 is 1.44 bits per heavy atom. The minimum Gasteiger partial charge on any atom is -0.455 e. The number of rotatable bonds is 0. The van der Waals surface area contributed by atoms with Crippen molar-refractivity contribution < 1.29 is 0 Å². The molecule has 0 spiro atoms. The maximum Gasteiger partial charge on any atom is 0.00872 e. The molecule has 2 heteroatoms. The minimum absolute atomic E-state index is 0.755. The molecule has 52 valence electrons. The fourth-order valence-corrected chi connectivity index (χ4v) is 1.94. The molecular formula is C7H13N2-. The SMILES string of the molecule is [CH2-]N1CC[C@@H]2CNC[C@@H]21. The highest BCUT2D eigenvalue weighted by Crippen LogP contribution is 2.25. The van der Waals surface area contributed by atoms with Gasteiger partial charge in [0.2, 0.25) is 0 Å². The lowest BCUT2D eigenvalue weighted by Crippen LogP contribution is -2.28. The zero-order valence-corrected chi connectivity index (χ0v) is 5.64. The summed E-state index contributed by atoms with van der Waals surface area (Å²) in [5.74, 6) is 0.905. The van der Waals surface area contributed by atoms with Gasteiger partial charge in [-0.3, -0.25) is 7.05 Å². The Balaban J connectivity index is 2.07. The van der Waals surface area contributed by atoms with Crippen LogP contribution in [-0.2, 0) is 0 Å². The Morgan fingerprint density at radius 3 is 3.11 bits per heavy atom. The van der Waals surface area contributed by atoms with E-state index in [0.29, 0.717) is 0 Å². The number of nitrogens with zero attached hydrogens (tertiary/aromatic N) is 1. The van der Waals surface area contributed by atoms with E-state index >= 15 is 0 Å². The number of fused-ring (bicyclic) bond motifs is 1. The van der Waals surface area contributed by atoms with E-state index in [9.17, 15) is 0 Å². The normalized spacial score (nSPS) is 43.7. The van der Waals surface area contributed by atoms with Crippen molar-refractivity contribution in [2.45, 2.75) is 12.5 Å². The standard InChI is InChI=1S/C7H13N2/c1-9-3-2-6-4-8-5-7(6)9/h6-8H,1-5H2/q-1/t6-,7+/m1/s1. The van der Waals surface area contributed by atoms with Crippen molar-refractivity contribution in [2.75, 3.05) is 19.6 Å². The molecule has 0 unspecified atom stereocenters. The fraction of sp³-hybridized carbons (Fsp3) is 0.857. The number of nitrogens with one attached hydrogen (secondary N) is 1. The van der Waals surface area contributed by atoms with Crippen LogP contribution in [0.3, 0.4) is 0 Å². The zero-order valence-electron chi connectivity index (χ0n) is 5.64. The molecule has 2 fully saturated rings. The van der Waals surface area contributed by atoms with Gasteiger partial charge in [-0.2, -0.15) is 0 Å². The number of hydrogen-bond acceptors (Lipinski definition) is 2. The third-order valence-electron chi connectivity index (χ3n) is 2.56. The molecule has 2 heterocycles. The molecule has 0 bridgehead atoms. The number of likely N-dealkylation sites (tertiary alicyclic amines) is 1. The second-order valence-electron chi connectivity index (χ2n) is 3.09. The topological polar surface area (TPSA) is 15.3 Å². The van der Waals surface area contributed by atoms with Crippen LogP contribution in [0.5, 0.6) is 0 Å². The average molecular weight is 125 g/mol. The second kappa shape index (κ2) is 1.96. The van der Waals surface area contributed by atoms with Crippen LogP contribution in [0.2, 0.25) is 0 Å².